The van der Waals surface area contributed by atoms with E-state index >= 15 is 0 Å². The zero-order chi connectivity index (χ0) is 17.2. The smallest absolute Gasteiger partial charge is 0.208 e. The van der Waals surface area contributed by atoms with Crippen molar-refractivity contribution in [3.05, 3.63) is 76.6 Å². The first-order valence-electron chi connectivity index (χ1n) is 8.66. The summed E-state index contributed by atoms with van der Waals surface area (Å²) in [7, 11) is 0. The van der Waals surface area contributed by atoms with Crippen LogP contribution in [0.4, 0.5) is 0 Å². The van der Waals surface area contributed by atoms with Gasteiger partial charge in [-0.1, -0.05) is 36.4 Å². The topological polar surface area (TPSA) is 49.0 Å². The SMILES string of the molecule is Cc1cc(C2=CCNCC2)c2oc(C#N)c(Cc3ccccc3)c2c1. The number of furan rings is 1. The van der Waals surface area contributed by atoms with E-state index in [1.54, 1.807) is 0 Å². The monoisotopic (exact) mass is 328 g/mol. The molecule has 0 spiro atoms. The van der Waals surface area contributed by atoms with Crippen LogP contribution in [0.3, 0.4) is 0 Å². The lowest BCUT2D eigenvalue weighted by Crippen LogP contribution is -2.20. The number of hydrogen-bond donors (Lipinski definition) is 1. The van der Waals surface area contributed by atoms with Crippen LogP contribution in [0.15, 0.2) is 53.0 Å². The second-order valence-corrected chi connectivity index (χ2v) is 6.56. The predicted octanol–water partition coefficient (Wildman–Crippen LogP) is 4.58. The van der Waals surface area contributed by atoms with E-state index in [4.69, 9.17) is 4.42 Å². The van der Waals surface area contributed by atoms with Gasteiger partial charge in [0.05, 0.1) is 0 Å². The normalized spacial score (nSPS) is 14.3. The Morgan fingerprint density at radius 3 is 2.76 bits per heavy atom. The molecule has 2 aromatic carbocycles. The second-order valence-electron chi connectivity index (χ2n) is 6.56. The highest BCUT2D eigenvalue weighted by Gasteiger charge is 2.20. The Morgan fingerprint density at radius 1 is 1.20 bits per heavy atom. The standard InChI is InChI=1S/C22H20N2O/c1-15-11-18(17-7-9-24-10-8-17)22-20(12-15)19(21(14-23)25-22)13-16-5-3-2-4-6-16/h2-7,11-12,24H,8-10,13H2,1H3. The highest BCUT2D eigenvalue weighted by atomic mass is 16.3. The van der Waals surface area contributed by atoms with E-state index in [1.165, 1.54) is 16.7 Å². The Hall–Kier alpha value is -2.83. The van der Waals surface area contributed by atoms with Crippen LogP contribution in [0.1, 0.15) is 34.4 Å². The molecule has 0 saturated heterocycles. The summed E-state index contributed by atoms with van der Waals surface area (Å²) in [5.41, 5.74) is 6.65. The number of hydrogen-bond acceptors (Lipinski definition) is 3. The van der Waals surface area contributed by atoms with E-state index in [2.05, 4.69) is 48.7 Å². The fraction of sp³-hybridized carbons (Fsp3) is 0.227. The van der Waals surface area contributed by atoms with Gasteiger partial charge >= 0.3 is 0 Å². The van der Waals surface area contributed by atoms with Crippen molar-refractivity contribution in [3.63, 3.8) is 0 Å². The van der Waals surface area contributed by atoms with Gasteiger partial charge in [-0.15, -0.1) is 0 Å². The lowest BCUT2D eigenvalue weighted by Gasteiger charge is -2.15. The van der Waals surface area contributed by atoms with Crippen LogP contribution >= 0.6 is 0 Å². The Labute approximate surface area is 147 Å². The van der Waals surface area contributed by atoms with Crippen LogP contribution in [0.2, 0.25) is 0 Å². The molecule has 25 heavy (non-hydrogen) atoms. The molecule has 0 amide bonds. The van der Waals surface area contributed by atoms with E-state index in [-0.39, 0.29) is 0 Å². The molecule has 0 atom stereocenters. The van der Waals surface area contributed by atoms with Crippen molar-refractivity contribution >= 4 is 16.5 Å². The molecule has 3 heteroatoms. The molecule has 0 fully saturated rings. The molecule has 1 N–H and O–H groups in total. The predicted molar refractivity (Wildman–Crippen MR) is 100 cm³/mol. The number of fused-ring (bicyclic) bond motifs is 1. The molecular formula is C22H20N2O. The maximum absolute atomic E-state index is 9.60. The van der Waals surface area contributed by atoms with Gasteiger partial charge in [-0.3, -0.25) is 0 Å². The summed E-state index contributed by atoms with van der Waals surface area (Å²) in [6.07, 6.45) is 3.92. The van der Waals surface area contributed by atoms with Gasteiger partial charge in [0.25, 0.3) is 0 Å². The molecule has 124 valence electrons. The third-order valence-corrected chi connectivity index (χ3v) is 4.77. The summed E-state index contributed by atoms with van der Waals surface area (Å²) in [6, 6.07) is 16.8. The minimum atomic E-state index is 0.431. The number of nitrogens with zero attached hydrogens (tertiary/aromatic N) is 1. The first-order valence-corrected chi connectivity index (χ1v) is 8.66. The lowest BCUT2D eigenvalue weighted by atomic mass is 9.94. The van der Waals surface area contributed by atoms with Crippen LogP contribution in [-0.4, -0.2) is 13.1 Å². The van der Waals surface area contributed by atoms with Gasteiger partial charge in [0.15, 0.2) is 0 Å². The average molecular weight is 328 g/mol. The van der Waals surface area contributed by atoms with Crippen molar-refractivity contribution in [2.24, 2.45) is 0 Å². The molecule has 0 bridgehead atoms. The summed E-state index contributed by atoms with van der Waals surface area (Å²) < 4.78 is 6.04. The summed E-state index contributed by atoms with van der Waals surface area (Å²) in [4.78, 5) is 0. The van der Waals surface area contributed by atoms with Crippen LogP contribution in [0.5, 0.6) is 0 Å². The maximum atomic E-state index is 9.60. The van der Waals surface area contributed by atoms with Gasteiger partial charge < -0.3 is 9.73 Å². The van der Waals surface area contributed by atoms with Crippen LogP contribution in [0.25, 0.3) is 16.5 Å². The summed E-state index contributed by atoms with van der Waals surface area (Å²) >= 11 is 0. The van der Waals surface area contributed by atoms with Crippen LogP contribution in [0, 0.1) is 18.3 Å². The summed E-state index contributed by atoms with van der Waals surface area (Å²) in [5.74, 6) is 0.431. The largest absolute Gasteiger partial charge is 0.445 e. The molecule has 0 saturated carbocycles. The summed E-state index contributed by atoms with van der Waals surface area (Å²) in [6.45, 7) is 3.97. The molecule has 0 radical (unpaired) electrons. The Kier molecular flexibility index (Phi) is 4.13. The number of benzene rings is 2. The highest BCUT2D eigenvalue weighted by Crippen LogP contribution is 2.35. The van der Waals surface area contributed by atoms with E-state index in [0.717, 1.165) is 41.6 Å². The molecule has 0 unspecified atom stereocenters. The first-order chi connectivity index (χ1) is 12.3. The molecule has 1 aromatic heterocycles. The zero-order valence-electron chi connectivity index (χ0n) is 14.3. The quantitative estimate of drug-likeness (QED) is 0.765. The maximum Gasteiger partial charge on any atom is 0.208 e. The Balaban J connectivity index is 1.90. The number of nitriles is 1. The van der Waals surface area contributed by atoms with E-state index in [9.17, 15) is 5.26 Å². The minimum Gasteiger partial charge on any atom is -0.445 e. The minimum absolute atomic E-state index is 0.431. The van der Waals surface area contributed by atoms with Gasteiger partial charge in [0.2, 0.25) is 5.76 Å². The first kappa shape index (κ1) is 15.7. The van der Waals surface area contributed by atoms with Gasteiger partial charge in [0, 0.05) is 29.5 Å². The van der Waals surface area contributed by atoms with E-state index in [0.29, 0.717) is 12.2 Å². The zero-order valence-corrected chi connectivity index (χ0v) is 14.3. The Morgan fingerprint density at radius 2 is 2.04 bits per heavy atom. The average Bonchev–Trinajstić information content (AvgIpc) is 3.00. The van der Waals surface area contributed by atoms with Crippen molar-refractivity contribution in [1.82, 2.24) is 5.32 Å². The van der Waals surface area contributed by atoms with Gasteiger partial charge in [-0.25, -0.2) is 0 Å². The lowest BCUT2D eigenvalue weighted by molar-refractivity contribution is 0.593. The highest BCUT2D eigenvalue weighted by molar-refractivity contribution is 5.94. The second kappa shape index (κ2) is 6.58. The Bertz CT molecular complexity index is 990. The molecule has 0 aliphatic carbocycles. The third kappa shape index (κ3) is 2.97. The molecule has 4 rings (SSSR count). The van der Waals surface area contributed by atoms with Crippen LogP contribution in [-0.2, 0) is 6.42 Å². The van der Waals surface area contributed by atoms with Crippen molar-refractivity contribution in [1.29, 1.82) is 5.26 Å². The van der Waals surface area contributed by atoms with E-state index < -0.39 is 0 Å². The van der Waals surface area contributed by atoms with Crippen molar-refractivity contribution < 1.29 is 4.42 Å². The van der Waals surface area contributed by atoms with Gasteiger partial charge in [-0.05, 0) is 48.7 Å². The van der Waals surface area contributed by atoms with E-state index in [1.807, 2.05) is 18.2 Å². The fourth-order valence-electron chi connectivity index (χ4n) is 3.56. The van der Waals surface area contributed by atoms with Crippen molar-refractivity contribution in [2.45, 2.75) is 19.8 Å². The van der Waals surface area contributed by atoms with Crippen LogP contribution < -0.4 is 5.32 Å². The number of nitrogens with one attached hydrogen (secondary N) is 1. The van der Waals surface area contributed by atoms with Crippen molar-refractivity contribution in [2.75, 3.05) is 13.1 Å². The molecule has 3 nitrogen and oxygen atoms in total. The molecule has 3 aromatic rings. The molecule has 1 aliphatic heterocycles. The summed E-state index contributed by atoms with van der Waals surface area (Å²) in [5, 5.41) is 14.0. The fourth-order valence-corrected chi connectivity index (χ4v) is 3.56. The molecule has 1 aliphatic rings. The third-order valence-electron chi connectivity index (χ3n) is 4.77. The van der Waals surface area contributed by atoms with Gasteiger partial charge in [-0.2, -0.15) is 5.26 Å². The van der Waals surface area contributed by atoms with Crippen molar-refractivity contribution in [3.8, 4) is 6.07 Å². The number of aryl methyl sites for hydroxylation is 1. The number of rotatable bonds is 3. The van der Waals surface area contributed by atoms with Gasteiger partial charge in [0.1, 0.15) is 11.7 Å². The molecular weight excluding hydrogens is 308 g/mol. The molecule has 2 heterocycles.